The number of hydrogen-bond donors (Lipinski definition) is 1. The molecule has 1 N–H and O–H groups in total. The molecule has 0 aliphatic carbocycles. The van der Waals surface area contributed by atoms with Gasteiger partial charge in [-0.25, -0.2) is 0 Å². The molecule has 1 aromatic carbocycles. The number of likely N-dealkylation sites (tertiary alicyclic amines) is 1. The largest absolute Gasteiger partial charge is 0.339 e. The Balaban J connectivity index is 1.44. The van der Waals surface area contributed by atoms with Crippen LogP contribution in [0.4, 0.5) is 0 Å². The zero-order chi connectivity index (χ0) is 16.1. The fourth-order valence-corrected chi connectivity index (χ4v) is 2.88. The molecule has 0 bridgehead atoms. The SMILES string of the molecule is Cc1cnn(CCNCc2ccc(C(=O)N3CCCC3)cc2)c1. The Hall–Kier alpha value is -2.14. The molecule has 1 saturated heterocycles. The van der Waals surface area contributed by atoms with Crippen molar-refractivity contribution in [1.29, 1.82) is 0 Å². The first kappa shape index (κ1) is 15.7. The van der Waals surface area contributed by atoms with E-state index in [0.29, 0.717) is 0 Å². The van der Waals surface area contributed by atoms with Crippen LogP contribution in [0.3, 0.4) is 0 Å². The van der Waals surface area contributed by atoms with Gasteiger partial charge in [0.15, 0.2) is 0 Å². The van der Waals surface area contributed by atoms with Gasteiger partial charge in [-0.2, -0.15) is 5.10 Å². The van der Waals surface area contributed by atoms with Gasteiger partial charge in [-0.1, -0.05) is 12.1 Å². The van der Waals surface area contributed by atoms with E-state index in [1.807, 2.05) is 53.2 Å². The van der Waals surface area contributed by atoms with Crippen LogP contribution in [0.25, 0.3) is 0 Å². The first-order valence-electron chi connectivity index (χ1n) is 8.30. The van der Waals surface area contributed by atoms with Crippen LogP contribution in [0.5, 0.6) is 0 Å². The van der Waals surface area contributed by atoms with Crippen LogP contribution in [0.1, 0.15) is 34.3 Å². The van der Waals surface area contributed by atoms with Crippen LogP contribution in [-0.4, -0.2) is 40.2 Å². The summed E-state index contributed by atoms with van der Waals surface area (Å²) in [5, 5.41) is 7.67. The molecular weight excluding hydrogens is 288 g/mol. The highest BCUT2D eigenvalue weighted by Crippen LogP contribution is 2.13. The van der Waals surface area contributed by atoms with Crippen molar-refractivity contribution < 1.29 is 4.79 Å². The van der Waals surface area contributed by atoms with Gasteiger partial charge in [0, 0.05) is 37.9 Å². The van der Waals surface area contributed by atoms with Crippen LogP contribution in [0.15, 0.2) is 36.7 Å². The molecule has 1 aliphatic rings. The Morgan fingerprint density at radius 2 is 1.96 bits per heavy atom. The maximum Gasteiger partial charge on any atom is 0.253 e. The molecule has 0 atom stereocenters. The summed E-state index contributed by atoms with van der Waals surface area (Å²) < 4.78 is 1.94. The lowest BCUT2D eigenvalue weighted by Crippen LogP contribution is -2.27. The van der Waals surface area contributed by atoms with Gasteiger partial charge in [0.25, 0.3) is 5.91 Å². The second-order valence-electron chi connectivity index (χ2n) is 6.15. The third-order valence-electron chi connectivity index (χ3n) is 4.20. The number of rotatable bonds is 6. The zero-order valence-electron chi connectivity index (χ0n) is 13.7. The summed E-state index contributed by atoms with van der Waals surface area (Å²) in [4.78, 5) is 14.2. The van der Waals surface area contributed by atoms with E-state index in [2.05, 4.69) is 10.4 Å². The highest BCUT2D eigenvalue weighted by molar-refractivity contribution is 5.94. The molecule has 122 valence electrons. The monoisotopic (exact) mass is 312 g/mol. The molecule has 1 fully saturated rings. The Bertz CT molecular complexity index is 641. The maximum absolute atomic E-state index is 12.3. The maximum atomic E-state index is 12.3. The van der Waals surface area contributed by atoms with Crippen LogP contribution in [-0.2, 0) is 13.1 Å². The summed E-state index contributed by atoms with van der Waals surface area (Å²) >= 11 is 0. The topological polar surface area (TPSA) is 50.2 Å². The van der Waals surface area contributed by atoms with Crippen molar-refractivity contribution in [1.82, 2.24) is 20.0 Å². The van der Waals surface area contributed by atoms with Gasteiger partial charge in [-0.05, 0) is 43.0 Å². The molecule has 5 heteroatoms. The lowest BCUT2D eigenvalue weighted by atomic mass is 10.1. The van der Waals surface area contributed by atoms with E-state index in [0.717, 1.165) is 51.1 Å². The molecule has 0 saturated carbocycles. The quantitative estimate of drug-likeness (QED) is 0.832. The summed E-state index contributed by atoms with van der Waals surface area (Å²) in [7, 11) is 0. The predicted molar refractivity (Wildman–Crippen MR) is 90.3 cm³/mol. The van der Waals surface area contributed by atoms with E-state index in [1.54, 1.807) is 0 Å². The molecule has 2 heterocycles. The molecule has 5 nitrogen and oxygen atoms in total. The first-order chi connectivity index (χ1) is 11.2. The second-order valence-corrected chi connectivity index (χ2v) is 6.15. The van der Waals surface area contributed by atoms with E-state index in [9.17, 15) is 4.79 Å². The summed E-state index contributed by atoms with van der Waals surface area (Å²) in [6.07, 6.45) is 6.17. The molecular formula is C18H24N4O. The minimum absolute atomic E-state index is 0.163. The van der Waals surface area contributed by atoms with Crippen LogP contribution < -0.4 is 5.32 Å². The second kappa shape index (κ2) is 7.42. The van der Waals surface area contributed by atoms with Gasteiger partial charge in [0.2, 0.25) is 0 Å². The van der Waals surface area contributed by atoms with Crippen LogP contribution >= 0.6 is 0 Å². The van der Waals surface area contributed by atoms with Crippen molar-refractivity contribution in [3.05, 3.63) is 53.3 Å². The van der Waals surface area contributed by atoms with Gasteiger partial charge in [0.1, 0.15) is 0 Å². The number of nitrogens with zero attached hydrogens (tertiary/aromatic N) is 3. The number of benzene rings is 1. The summed E-state index contributed by atoms with van der Waals surface area (Å²) in [6, 6.07) is 7.95. The van der Waals surface area contributed by atoms with Crippen molar-refractivity contribution in [2.75, 3.05) is 19.6 Å². The summed E-state index contributed by atoms with van der Waals surface area (Å²) in [5.41, 5.74) is 3.17. The van der Waals surface area contributed by atoms with Gasteiger partial charge in [-0.15, -0.1) is 0 Å². The summed E-state index contributed by atoms with van der Waals surface area (Å²) in [6.45, 7) is 6.37. The van der Waals surface area contributed by atoms with Gasteiger partial charge in [-0.3, -0.25) is 9.48 Å². The molecule has 0 unspecified atom stereocenters. The smallest absolute Gasteiger partial charge is 0.253 e. The molecule has 1 amide bonds. The molecule has 2 aromatic rings. The van der Waals surface area contributed by atoms with Crippen molar-refractivity contribution in [2.24, 2.45) is 0 Å². The van der Waals surface area contributed by atoms with Gasteiger partial charge >= 0.3 is 0 Å². The number of amides is 1. The van der Waals surface area contributed by atoms with E-state index >= 15 is 0 Å². The fraction of sp³-hybridized carbons (Fsp3) is 0.444. The predicted octanol–water partition coefficient (Wildman–Crippen LogP) is 2.22. The van der Waals surface area contributed by atoms with E-state index in [4.69, 9.17) is 0 Å². The number of aromatic nitrogens is 2. The Labute approximate surface area is 137 Å². The highest BCUT2D eigenvalue weighted by atomic mass is 16.2. The zero-order valence-corrected chi connectivity index (χ0v) is 13.7. The van der Waals surface area contributed by atoms with Crippen LogP contribution in [0.2, 0.25) is 0 Å². The molecule has 23 heavy (non-hydrogen) atoms. The standard InChI is InChI=1S/C18H24N4O/c1-15-12-20-22(14-15)11-8-19-13-16-4-6-17(7-5-16)18(23)21-9-2-3-10-21/h4-7,12,14,19H,2-3,8-11,13H2,1H3. The highest BCUT2D eigenvalue weighted by Gasteiger charge is 2.18. The van der Waals surface area contributed by atoms with Crippen molar-refractivity contribution in [2.45, 2.75) is 32.9 Å². The Morgan fingerprint density at radius 1 is 1.22 bits per heavy atom. The third-order valence-corrected chi connectivity index (χ3v) is 4.20. The average molecular weight is 312 g/mol. The molecule has 0 spiro atoms. The average Bonchev–Trinajstić information content (AvgIpc) is 3.23. The Kier molecular flexibility index (Phi) is 5.08. The van der Waals surface area contributed by atoms with Gasteiger partial charge in [0.05, 0.1) is 12.7 Å². The minimum atomic E-state index is 0.163. The van der Waals surface area contributed by atoms with Crippen molar-refractivity contribution >= 4 is 5.91 Å². The number of nitrogens with one attached hydrogen (secondary N) is 1. The lowest BCUT2D eigenvalue weighted by molar-refractivity contribution is 0.0793. The third kappa shape index (κ3) is 4.20. The fourth-order valence-electron chi connectivity index (χ4n) is 2.88. The number of carbonyl (C=O) groups excluding carboxylic acids is 1. The molecule has 0 radical (unpaired) electrons. The van der Waals surface area contributed by atoms with E-state index in [-0.39, 0.29) is 5.91 Å². The number of aryl methyl sites for hydroxylation is 1. The molecule has 1 aromatic heterocycles. The number of carbonyl (C=O) groups is 1. The number of hydrogen-bond acceptors (Lipinski definition) is 3. The normalized spacial score (nSPS) is 14.4. The van der Waals surface area contributed by atoms with E-state index in [1.165, 1.54) is 11.1 Å². The van der Waals surface area contributed by atoms with E-state index < -0.39 is 0 Å². The van der Waals surface area contributed by atoms with Crippen LogP contribution in [0, 0.1) is 6.92 Å². The molecule has 3 rings (SSSR count). The molecule has 1 aliphatic heterocycles. The lowest BCUT2D eigenvalue weighted by Gasteiger charge is -2.15. The van der Waals surface area contributed by atoms with Crippen molar-refractivity contribution in [3.63, 3.8) is 0 Å². The summed E-state index contributed by atoms with van der Waals surface area (Å²) in [5.74, 6) is 0.163. The van der Waals surface area contributed by atoms with Gasteiger partial charge < -0.3 is 10.2 Å². The van der Waals surface area contributed by atoms with Crippen molar-refractivity contribution in [3.8, 4) is 0 Å². The minimum Gasteiger partial charge on any atom is -0.339 e. The first-order valence-corrected chi connectivity index (χ1v) is 8.30. The Morgan fingerprint density at radius 3 is 2.61 bits per heavy atom.